The monoisotopic (exact) mass is 262 g/mol. The number of aliphatic hydroxyl groups is 1. The maximum Gasteiger partial charge on any atom is 0.0752 e. The molecule has 104 valence electrons. The molecule has 0 fully saturated rings. The van der Waals surface area contributed by atoms with Crippen LogP contribution in [0.3, 0.4) is 0 Å². The van der Waals surface area contributed by atoms with Gasteiger partial charge in [-0.2, -0.15) is 0 Å². The molecule has 0 saturated carbocycles. The lowest BCUT2D eigenvalue weighted by atomic mass is 10.0. The third-order valence-corrected chi connectivity index (χ3v) is 2.84. The quantitative estimate of drug-likeness (QED) is 0.429. The summed E-state index contributed by atoms with van der Waals surface area (Å²) in [6.45, 7) is 5.49. The second kappa shape index (κ2) is 8.53. The Labute approximate surface area is 114 Å². The van der Waals surface area contributed by atoms with Crippen molar-refractivity contribution in [3.05, 3.63) is 46.3 Å². The van der Waals surface area contributed by atoms with Crippen LogP contribution in [0.4, 0.5) is 0 Å². The Morgan fingerprint density at radius 3 is 2.53 bits per heavy atom. The SMILES string of the molecule is CC(C)CNC[C@@H](O)[C@H](Cc1ccccc1)N=[N+]=[N-]. The van der Waals surface area contributed by atoms with E-state index >= 15 is 0 Å². The van der Waals surface area contributed by atoms with E-state index in [1.54, 1.807) is 0 Å². The van der Waals surface area contributed by atoms with Gasteiger partial charge in [-0.1, -0.05) is 49.3 Å². The minimum Gasteiger partial charge on any atom is -0.391 e. The molecular weight excluding hydrogens is 240 g/mol. The predicted octanol–water partition coefficient (Wildman–Crippen LogP) is 2.51. The molecule has 2 N–H and O–H groups in total. The summed E-state index contributed by atoms with van der Waals surface area (Å²) in [4.78, 5) is 2.83. The van der Waals surface area contributed by atoms with Crippen LogP contribution in [0, 0.1) is 5.92 Å². The van der Waals surface area contributed by atoms with E-state index in [9.17, 15) is 5.11 Å². The first-order chi connectivity index (χ1) is 9.13. The van der Waals surface area contributed by atoms with E-state index < -0.39 is 12.1 Å². The first-order valence-corrected chi connectivity index (χ1v) is 6.60. The molecule has 0 aliphatic rings. The molecular formula is C14H22N4O. The molecule has 1 rings (SSSR count). The van der Waals surface area contributed by atoms with Gasteiger partial charge in [-0.05, 0) is 30.0 Å². The number of hydrogen-bond donors (Lipinski definition) is 2. The predicted molar refractivity (Wildman–Crippen MR) is 76.8 cm³/mol. The van der Waals surface area contributed by atoms with Crippen molar-refractivity contribution in [2.75, 3.05) is 13.1 Å². The number of rotatable bonds is 8. The summed E-state index contributed by atoms with van der Waals surface area (Å²) in [5.41, 5.74) is 9.66. The Hall–Kier alpha value is -1.55. The molecule has 1 aromatic rings. The molecule has 0 aliphatic heterocycles. The molecule has 5 heteroatoms. The van der Waals surface area contributed by atoms with Gasteiger partial charge < -0.3 is 10.4 Å². The van der Waals surface area contributed by atoms with Gasteiger partial charge >= 0.3 is 0 Å². The molecule has 0 radical (unpaired) electrons. The summed E-state index contributed by atoms with van der Waals surface area (Å²) in [6.07, 6.45) is -0.120. The summed E-state index contributed by atoms with van der Waals surface area (Å²) in [5.74, 6) is 0.527. The largest absolute Gasteiger partial charge is 0.391 e. The van der Waals surface area contributed by atoms with Crippen LogP contribution in [0.2, 0.25) is 0 Å². The highest BCUT2D eigenvalue weighted by Gasteiger charge is 2.18. The maximum atomic E-state index is 10.1. The van der Waals surface area contributed by atoms with E-state index in [1.165, 1.54) is 0 Å². The summed E-state index contributed by atoms with van der Waals surface area (Å²) in [5, 5.41) is 17.0. The van der Waals surface area contributed by atoms with Crippen LogP contribution in [0.15, 0.2) is 35.4 Å². The van der Waals surface area contributed by atoms with Crippen molar-refractivity contribution in [2.45, 2.75) is 32.4 Å². The van der Waals surface area contributed by atoms with Gasteiger partial charge in [0.15, 0.2) is 0 Å². The molecule has 0 aromatic heterocycles. The molecule has 19 heavy (non-hydrogen) atoms. The lowest BCUT2D eigenvalue weighted by Gasteiger charge is -2.19. The van der Waals surface area contributed by atoms with Gasteiger partial charge in [0.05, 0.1) is 12.1 Å². The number of benzene rings is 1. The molecule has 0 spiro atoms. The van der Waals surface area contributed by atoms with Crippen molar-refractivity contribution in [1.82, 2.24) is 5.32 Å². The van der Waals surface area contributed by atoms with Crippen molar-refractivity contribution < 1.29 is 5.11 Å². The fourth-order valence-electron chi connectivity index (χ4n) is 1.83. The Bertz CT molecular complexity index is 401. The zero-order valence-electron chi connectivity index (χ0n) is 11.5. The number of nitrogens with zero attached hydrogens (tertiary/aromatic N) is 3. The highest BCUT2D eigenvalue weighted by Crippen LogP contribution is 2.09. The van der Waals surface area contributed by atoms with Crippen molar-refractivity contribution in [3.8, 4) is 0 Å². The van der Waals surface area contributed by atoms with Gasteiger partial charge in [-0.15, -0.1) is 0 Å². The van der Waals surface area contributed by atoms with Crippen molar-refractivity contribution >= 4 is 0 Å². The van der Waals surface area contributed by atoms with Crippen LogP contribution in [0.5, 0.6) is 0 Å². The zero-order chi connectivity index (χ0) is 14.1. The van der Waals surface area contributed by atoms with Crippen LogP contribution in [0.1, 0.15) is 19.4 Å². The Balaban J connectivity index is 2.54. The second-order valence-electron chi connectivity index (χ2n) is 5.08. The minimum absolute atomic E-state index is 0.438. The van der Waals surface area contributed by atoms with Crippen molar-refractivity contribution in [3.63, 3.8) is 0 Å². The lowest BCUT2D eigenvalue weighted by Crippen LogP contribution is -2.37. The zero-order valence-corrected chi connectivity index (χ0v) is 11.5. The second-order valence-corrected chi connectivity index (χ2v) is 5.08. The Morgan fingerprint density at radius 1 is 1.26 bits per heavy atom. The molecule has 1 aromatic carbocycles. The van der Waals surface area contributed by atoms with Crippen LogP contribution >= 0.6 is 0 Å². The highest BCUT2D eigenvalue weighted by atomic mass is 16.3. The highest BCUT2D eigenvalue weighted by molar-refractivity contribution is 5.16. The fraction of sp³-hybridized carbons (Fsp3) is 0.571. The minimum atomic E-state index is -0.671. The number of nitrogens with one attached hydrogen (secondary N) is 1. The molecule has 2 atom stereocenters. The Morgan fingerprint density at radius 2 is 1.95 bits per heavy atom. The topological polar surface area (TPSA) is 81.0 Å². The van der Waals surface area contributed by atoms with Crippen LogP contribution < -0.4 is 5.32 Å². The summed E-state index contributed by atoms with van der Waals surface area (Å²) < 4.78 is 0. The van der Waals surface area contributed by atoms with Crippen LogP contribution in [0.25, 0.3) is 10.4 Å². The summed E-state index contributed by atoms with van der Waals surface area (Å²) in [7, 11) is 0. The van der Waals surface area contributed by atoms with E-state index in [4.69, 9.17) is 5.53 Å². The lowest BCUT2D eigenvalue weighted by molar-refractivity contribution is 0.141. The third kappa shape index (κ3) is 6.25. The number of hydrogen-bond acceptors (Lipinski definition) is 3. The molecule has 0 bridgehead atoms. The number of azide groups is 1. The number of aliphatic hydroxyl groups excluding tert-OH is 1. The molecule has 0 unspecified atom stereocenters. The molecule has 0 amide bonds. The maximum absolute atomic E-state index is 10.1. The van der Waals surface area contributed by atoms with Crippen molar-refractivity contribution in [2.24, 2.45) is 11.0 Å². The van der Waals surface area contributed by atoms with Gasteiger partial charge in [0.1, 0.15) is 0 Å². The average molecular weight is 262 g/mol. The van der Waals surface area contributed by atoms with E-state index in [0.717, 1.165) is 12.1 Å². The average Bonchev–Trinajstić information content (AvgIpc) is 2.39. The van der Waals surface area contributed by atoms with Gasteiger partial charge in [0.25, 0.3) is 0 Å². The van der Waals surface area contributed by atoms with E-state index in [2.05, 4.69) is 29.2 Å². The summed E-state index contributed by atoms with van der Waals surface area (Å²) >= 11 is 0. The first kappa shape index (κ1) is 15.5. The normalized spacial score (nSPS) is 13.9. The third-order valence-electron chi connectivity index (χ3n) is 2.84. The van der Waals surface area contributed by atoms with Crippen LogP contribution in [-0.4, -0.2) is 30.3 Å². The molecule has 5 nitrogen and oxygen atoms in total. The molecule has 0 heterocycles. The van der Waals surface area contributed by atoms with E-state index in [0.29, 0.717) is 18.9 Å². The fourth-order valence-corrected chi connectivity index (χ4v) is 1.83. The smallest absolute Gasteiger partial charge is 0.0752 e. The Kier molecular flexibility index (Phi) is 6.97. The molecule has 0 aliphatic carbocycles. The van der Waals surface area contributed by atoms with E-state index in [-0.39, 0.29) is 0 Å². The first-order valence-electron chi connectivity index (χ1n) is 6.60. The summed E-state index contributed by atoms with van der Waals surface area (Å²) in [6, 6.07) is 9.30. The standard InChI is InChI=1S/C14H22N4O/c1-11(2)9-16-10-14(19)13(17-18-15)8-12-6-4-3-5-7-12/h3-7,11,13-14,16,19H,8-10H2,1-2H3/t13-,14+/m0/s1. The van der Waals surface area contributed by atoms with Gasteiger partial charge in [0.2, 0.25) is 0 Å². The van der Waals surface area contributed by atoms with Gasteiger partial charge in [0, 0.05) is 11.5 Å². The van der Waals surface area contributed by atoms with Crippen molar-refractivity contribution in [1.29, 1.82) is 0 Å². The van der Waals surface area contributed by atoms with E-state index in [1.807, 2.05) is 30.3 Å². The van der Waals surface area contributed by atoms with Gasteiger partial charge in [-0.25, -0.2) is 0 Å². The van der Waals surface area contributed by atoms with Crippen LogP contribution in [-0.2, 0) is 6.42 Å². The van der Waals surface area contributed by atoms with Gasteiger partial charge in [-0.3, -0.25) is 0 Å². The molecule has 0 saturated heterocycles.